The SMILES string of the molecule is Fc1cc(F)c2[nH]c(-c3ccc(C(F)(F)F)nc3)nc2c1. The summed E-state index contributed by atoms with van der Waals surface area (Å²) in [4.78, 5) is 9.81. The van der Waals surface area contributed by atoms with E-state index < -0.39 is 23.5 Å². The number of rotatable bonds is 1. The number of fused-ring (bicyclic) bond motifs is 1. The molecule has 3 aromatic rings. The lowest BCUT2D eigenvalue weighted by atomic mass is 10.2. The summed E-state index contributed by atoms with van der Waals surface area (Å²) in [5.74, 6) is -1.51. The number of nitrogens with one attached hydrogen (secondary N) is 1. The van der Waals surface area contributed by atoms with Gasteiger partial charge >= 0.3 is 6.18 Å². The molecule has 0 saturated carbocycles. The van der Waals surface area contributed by atoms with E-state index in [0.29, 0.717) is 6.07 Å². The van der Waals surface area contributed by atoms with Crippen LogP contribution in [0.1, 0.15) is 5.69 Å². The number of halogens is 5. The summed E-state index contributed by atoms with van der Waals surface area (Å²) in [7, 11) is 0. The summed E-state index contributed by atoms with van der Waals surface area (Å²) in [5.41, 5.74) is -0.785. The molecule has 108 valence electrons. The second-order valence-corrected chi connectivity index (χ2v) is 4.30. The zero-order valence-electron chi connectivity index (χ0n) is 10.2. The van der Waals surface area contributed by atoms with Crippen molar-refractivity contribution < 1.29 is 22.0 Å². The van der Waals surface area contributed by atoms with E-state index in [4.69, 9.17) is 0 Å². The van der Waals surface area contributed by atoms with Crippen molar-refractivity contribution >= 4 is 11.0 Å². The van der Waals surface area contributed by atoms with Crippen LogP contribution in [-0.2, 0) is 6.18 Å². The van der Waals surface area contributed by atoms with E-state index in [9.17, 15) is 22.0 Å². The van der Waals surface area contributed by atoms with E-state index in [0.717, 1.165) is 24.4 Å². The highest BCUT2D eigenvalue weighted by Crippen LogP contribution is 2.29. The number of hydrogen-bond donors (Lipinski definition) is 1. The quantitative estimate of drug-likeness (QED) is 0.692. The van der Waals surface area contributed by atoms with E-state index >= 15 is 0 Å². The summed E-state index contributed by atoms with van der Waals surface area (Å²) in [5, 5.41) is 0. The second kappa shape index (κ2) is 4.51. The molecule has 3 rings (SSSR count). The number of hydrogen-bond acceptors (Lipinski definition) is 2. The minimum atomic E-state index is -4.54. The first-order valence-electron chi connectivity index (χ1n) is 5.73. The van der Waals surface area contributed by atoms with Crippen LogP contribution in [0.5, 0.6) is 0 Å². The molecule has 0 bridgehead atoms. The molecule has 0 aliphatic carbocycles. The van der Waals surface area contributed by atoms with Crippen molar-refractivity contribution in [1.29, 1.82) is 0 Å². The number of H-pyrrole nitrogens is 1. The third-order valence-corrected chi connectivity index (χ3v) is 2.84. The Bertz CT molecular complexity index is 805. The van der Waals surface area contributed by atoms with Gasteiger partial charge in [0.2, 0.25) is 0 Å². The number of aromatic amines is 1. The van der Waals surface area contributed by atoms with E-state index in [1.807, 2.05) is 0 Å². The van der Waals surface area contributed by atoms with Crippen LogP contribution in [0.4, 0.5) is 22.0 Å². The molecule has 3 nitrogen and oxygen atoms in total. The van der Waals surface area contributed by atoms with Gasteiger partial charge in [0, 0.05) is 23.9 Å². The number of alkyl halides is 3. The number of imidazole rings is 1. The molecular weight excluding hydrogens is 293 g/mol. The fraction of sp³-hybridized carbons (Fsp3) is 0.0769. The van der Waals surface area contributed by atoms with Gasteiger partial charge in [0.1, 0.15) is 22.9 Å². The first-order chi connectivity index (χ1) is 9.84. The number of pyridine rings is 1. The Kier molecular flexibility index (Phi) is 2.89. The normalized spacial score (nSPS) is 12.0. The molecule has 2 aromatic heterocycles. The van der Waals surface area contributed by atoms with Gasteiger partial charge < -0.3 is 4.98 Å². The summed E-state index contributed by atoms with van der Waals surface area (Å²) >= 11 is 0. The average molecular weight is 299 g/mol. The lowest BCUT2D eigenvalue weighted by molar-refractivity contribution is -0.141. The molecule has 0 spiro atoms. The highest BCUT2D eigenvalue weighted by molar-refractivity contribution is 5.79. The smallest absolute Gasteiger partial charge is 0.335 e. The largest absolute Gasteiger partial charge is 0.433 e. The molecule has 0 aliphatic rings. The van der Waals surface area contributed by atoms with Crippen LogP contribution in [0, 0.1) is 11.6 Å². The van der Waals surface area contributed by atoms with Crippen LogP contribution < -0.4 is 0 Å². The van der Waals surface area contributed by atoms with Gasteiger partial charge in [0.05, 0.1) is 5.52 Å². The van der Waals surface area contributed by atoms with Crippen molar-refractivity contribution in [3.05, 3.63) is 47.8 Å². The third-order valence-electron chi connectivity index (χ3n) is 2.84. The Morgan fingerprint density at radius 3 is 2.43 bits per heavy atom. The van der Waals surface area contributed by atoms with Crippen molar-refractivity contribution in [3.8, 4) is 11.4 Å². The van der Waals surface area contributed by atoms with Gasteiger partial charge in [0.15, 0.2) is 5.82 Å². The van der Waals surface area contributed by atoms with Crippen molar-refractivity contribution in [1.82, 2.24) is 15.0 Å². The Hall–Kier alpha value is -2.51. The van der Waals surface area contributed by atoms with E-state index in [1.54, 1.807) is 0 Å². The number of benzene rings is 1. The Labute approximate surface area is 114 Å². The fourth-order valence-electron chi connectivity index (χ4n) is 1.88. The van der Waals surface area contributed by atoms with Gasteiger partial charge in [0.25, 0.3) is 0 Å². The van der Waals surface area contributed by atoms with E-state index in [-0.39, 0.29) is 22.4 Å². The highest BCUT2D eigenvalue weighted by atomic mass is 19.4. The maximum Gasteiger partial charge on any atom is 0.433 e. The zero-order chi connectivity index (χ0) is 15.2. The standard InChI is InChI=1S/C13H6F5N3/c14-7-3-8(15)11-9(4-7)20-12(21-11)6-1-2-10(19-5-6)13(16,17)18/h1-5H,(H,20,21). The predicted molar refractivity (Wildman–Crippen MR) is 64.2 cm³/mol. The molecule has 0 radical (unpaired) electrons. The molecule has 0 atom stereocenters. The van der Waals surface area contributed by atoms with Gasteiger partial charge in [-0.15, -0.1) is 0 Å². The Balaban J connectivity index is 2.06. The summed E-state index contributed by atoms with van der Waals surface area (Å²) in [6, 6.07) is 3.66. The van der Waals surface area contributed by atoms with Crippen molar-refractivity contribution in [2.45, 2.75) is 6.18 Å². The van der Waals surface area contributed by atoms with Crippen LogP contribution in [0.3, 0.4) is 0 Å². The van der Waals surface area contributed by atoms with Crippen LogP contribution >= 0.6 is 0 Å². The van der Waals surface area contributed by atoms with Crippen molar-refractivity contribution in [2.24, 2.45) is 0 Å². The fourth-order valence-corrected chi connectivity index (χ4v) is 1.88. The number of aromatic nitrogens is 3. The van der Waals surface area contributed by atoms with Gasteiger partial charge in [-0.25, -0.2) is 13.8 Å². The predicted octanol–water partition coefficient (Wildman–Crippen LogP) is 3.92. The molecule has 8 heteroatoms. The van der Waals surface area contributed by atoms with Crippen LogP contribution in [0.2, 0.25) is 0 Å². The molecule has 0 amide bonds. The summed E-state index contributed by atoms with van der Waals surface area (Å²) in [6.07, 6.45) is -3.57. The van der Waals surface area contributed by atoms with Gasteiger partial charge in [-0.3, -0.25) is 4.98 Å². The van der Waals surface area contributed by atoms with Gasteiger partial charge in [-0.1, -0.05) is 0 Å². The molecule has 0 aliphatic heterocycles. The Morgan fingerprint density at radius 2 is 1.81 bits per heavy atom. The summed E-state index contributed by atoms with van der Waals surface area (Å²) < 4.78 is 63.8. The van der Waals surface area contributed by atoms with E-state index in [1.165, 1.54) is 0 Å². The molecule has 0 unspecified atom stereocenters. The van der Waals surface area contributed by atoms with E-state index in [2.05, 4.69) is 15.0 Å². The maximum atomic E-state index is 13.5. The molecular formula is C13H6F5N3. The number of nitrogens with zero attached hydrogens (tertiary/aromatic N) is 2. The molecule has 2 heterocycles. The molecule has 21 heavy (non-hydrogen) atoms. The topological polar surface area (TPSA) is 41.6 Å². The first-order valence-corrected chi connectivity index (χ1v) is 5.73. The van der Waals surface area contributed by atoms with Crippen LogP contribution in [0.15, 0.2) is 30.5 Å². The lowest BCUT2D eigenvalue weighted by Crippen LogP contribution is -2.07. The molecule has 0 saturated heterocycles. The molecule has 1 aromatic carbocycles. The van der Waals surface area contributed by atoms with Crippen LogP contribution in [0.25, 0.3) is 22.4 Å². The second-order valence-electron chi connectivity index (χ2n) is 4.30. The monoisotopic (exact) mass is 299 g/mol. The molecule has 0 fully saturated rings. The zero-order valence-corrected chi connectivity index (χ0v) is 10.2. The van der Waals surface area contributed by atoms with Crippen LogP contribution in [-0.4, -0.2) is 15.0 Å². The molecule has 1 N–H and O–H groups in total. The average Bonchev–Trinajstić information content (AvgIpc) is 2.82. The van der Waals surface area contributed by atoms with Crippen molar-refractivity contribution in [2.75, 3.05) is 0 Å². The highest BCUT2D eigenvalue weighted by Gasteiger charge is 2.32. The van der Waals surface area contributed by atoms with Crippen molar-refractivity contribution in [3.63, 3.8) is 0 Å². The first kappa shape index (κ1) is 13.5. The minimum Gasteiger partial charge on any atom is -0.335 e. The third kappa shape index (κ3) is 2.44. The lowest BCUT2D eigenvalue weighted by Gasteiger charge is -2.05. The summed E-state index contributed by atoms with van der Waals surface area (Å²) in [6.45, 7) is 0. The van der Waals surface area contributed by atoms with Gasteiger partial charge in [-0.05, 0) is 12.1 Å². The Morgan fingerprint density at radius 1 is 1.05 bits per heavy atom. The van der Waals surface area contributed by atoms with Gasteiger partial charge in [-0.2, -0.15) is 13.2 Å². The maximum absolute atomic E-state index is 13.5. The minimum absolute atomic E-state index is 0.0219.